The van der Waals surface area contributed by atoms with E-state index in [9.17, 15) is 13.2 Å². The second kappa shape index (κ2) is 9.66. The van der Waals surface area contributed by atoms with Crippen LogP contribution in [0.2, 0.25) is 0 Å². The summed E-state index contributed by atoms with van der Waals surface area (Å²) in [5, 5.41) is 4.83. The van der Waals surface area contributed by atoms with Gasteiger partial charge in [0.25, 0.3) is 0 Å². The summed E-state index contributed by atoms with van der Waals surface area (Å²) in [7, 11) is 0. The average molecular weight is 549 g/mol. The van der Waals surface area contributed by atoms with Crippen molar-refractivity contribution in [2.45, 2.75) is 11.9 Å². The molecule has 0 radical (unpaired) electrons. The molecule has 1 N–H and O–H groups in total. The minimum atomic E-state index is -4.83. The van der Waals surface area contributed by atoms with E-state index in [-0.39, 0.29) is 10.2 Å². The average Bonchev–Trinajstić information content (AvgIpc) is 2.89. The van der Waals surface area contributed by atoms with Crippen molar-refractivity contribution in [3.63, 3.8) is 0 Å². The van der Waals surface area contributed by atoms with E-state index < -0.39 is 11.9 Å². The molecule has 5 aromatic rings. The fourth-order valence-corrected chi connectivity index (χ4v) is 4.88. The highest BCUT2D eigenvalue weighted by atomic mass is 79.9. The van der Waals surface area contributed by atoms with Crippen LogP contribution in [0, 0.1) is 0 Å². The first-order valence-corrected chi connectivity index (χ1v) is 11.9. The smallest absolute Gasteiger partial charge is 0.405 e. The van der Waals surface area contributed by atoms with Crippen LogP contribution in [0.3, 0.4) is 0 Å². The molecule has 0 fully saturated rings. The maximum absolute atomic E-state index is 13.1. The molecule has 180 valence electrons. The Kier molecular flexibility index (Phi) is 6.41. The first kappa shape index (κ1) is 23.9. The molecule has 7 heteroatoms. The molecular formula is C29H20BrF3N2O. The van der Waals surface area contributed by atoms with Crippen molar-refractivity contribution in [2.75, 3.05) is 5.32 Å². The number of anilines is 1. The first-order chi connectivity index (χ1) is 17.4. The number of benzene rings is 4. The van der Waals surface area contributed by atoms with Gasteiger partial charge >= 0.3 is 6.36 Å². The number of nitrogens with one attached hydrogen (secondary N) is 1. The number of fused-ring (bicyclic) bond motifs is 1. The molecule has 0 unspecified atom stereocenters. The quantitative estimate of drug-likeness (QED) is 0.217. The van der Waals surface area contributed by atoms with E-state index in [0.29, 0.717) is 16.6 Å². The van der Waals surface area contributed by atoms with E-state index in [1.165, 1.54) is 6.07 Å². The zero-order valence-electron chi connectivity index (χ0n) is 18.8. The van der Waals surface area contributed by atoms with Crippen molar-refractivity contribution in [2.24, 2.45) is 0 Å². The Balaban J connectivity index is 1.77. The number of pyridine rings is 1. The minimum Gasteiger partial charge on any atom is -0.405 e. The second-order valence-corrected chi connectivity index (χ2v) is 9.04. The van der Waals surface area contributed by atoms with Gasteiger partial charge in [-0.25, -0.2) is 4.98 Å². The van der Waals surface area contributed by atoms with Gasteiger partial charge in [0.1, 0.15) is 17.1 Å². The van der Waals surface area contributed by atoms with Gasteiger partial charge in [-0.05, 0) is 56.2 Å². The third-order valence-corrected chi connectivity index (χ3v) is 6.59. The molecule has 0 amide bonds. The van der Waals surface area contributed by atoms with Crippen molar-refractivity contribution in [1.82, 2.24) is 4.98 Å². The summed E-state index contributed by atoms with van der Waals surface area (Å²) in [6.45, 7) is 0. The SMILES string of the molecule is FC(F)(F)Oc1cc2c(NC(c3ccccc3)(c3ccccc3)c3ccccc3)nccc2cc1Br. The topological polar surface area (TPSA) is 34.1 Å². The molecule has 0 aliphatic rings. The lowest BCUT2D eigenvalue weighted by Gasteiger charge is -2.37. The molecule has 5 rings (SSSR count). The van der Waals surface area contributed by atoms with Gasteiger partial charge in [0.2, 0.25) is 0 Å². The van der Waals surface area contributed by atoms with Crippen LogP contribution in [-0.4, -0.2) is 11.3 Å². The van der Waals surface area contributed by atoms with Crippen molar-refractivity contribution in [1.29, 1.82) is 0 Å². The molecule has 0 saturated heterocycles. The van der Waals surface area contributed by atoms with E-state index in [1.54, 1.807) is 18.3 Å². The maximum Gasteiger partial charge on any atom is 0.573 e. The standard InChI is InChI=1S/C29H20BrF3N2O/c30-25-18-20-16-17-34-27(24(20)19-26(25)36-29(31,32)33)35-28(21-10-4-1-5-11-21,22-12-6-2-7-13-22)23-14-8-3-9-15-23/h1-19H,(H,34,35). The lowest BCUT2D eigenvalue weighted by Crippen LogP contribution is -2.38. The third kappa shape index (κ3) is 4.66. The molecule has 36 heavy (non-hydrogen) atoms. The first-order valence-electron chi connectivity index (χ1n) is 11.2. The van der Waals surface area contributed by atoms with Gasteiger partial charge in [-0.2, -0.15) is 0 Å². The van der Waals surface area contributed by atoms with Crippen LogP contribution in [-0.2, 0) is 5.54 Å². The summed E-state index contributed by atoms with van der Waals surface area (Å²) in [4.78, 5) is 4.57. The van der Waals surface area contributed by atoms with Crippen LogP contribution in [0.15, 0.2) is 120 Å². The van der Waals surface area contributed by atoms with Crippen molar-refractivity contribution >= 4 is 32.5 Å². The predicted octanol–water partition coefficient (Wildman–Crippen LogP) is 8.30. The molecule has 0 atom stereocenters. The Hall–Kier alpha value is -3.84. The summed E-state index contributed by atoms with van der Waals surface area (Å²) in [5.74, 6) is 0.0827. The molecule has 1 heterocycles. The fourth-order valence-electron chi connectivity index (χ4n) is 4.43. The van der Waals surface area contributed by atoms with Crippen molar-refractivity contribution in [3.05, 3.63) is 137 Å². The number of hydrogen-bond donors (Lipinski definition) is 1. The van der Waals surface area contributed by atoms with Gasteiger partial charge in [-0.3, -0.25) is 0 Å². The lowest BCUT2D eigenvalue weighted by atomic mass is 9.77. The van der Waals surface area contributed by atoms with E-state index >= 15 is 0 Å². The Morgan fingerprint density at radius 2 is 1.19 bits per heavy atom. The third-order valence-electron chi connectivity index (χ3n) is 5.97. The summed E-state index contributed by atoms with van der Waals surface area (Å²) >= 11 is 3.20. The molecule has 0 aliphatic heterocycles. The normalized spacial score (nSPS) is 11.9. The zero-order chi connectivity index (χ0) is 25.2. The molecule has 0 saturated carbocycles. The Labute approximate surface area is 214 Å². The molecule has 3 nitrogen and oxygen atoms in total. The number of nitrogens with zero attached hydrogens (tertiary/aromatic N) is 1. The van der Waals surface area contributed by atoms with E-state index in [0.717, 1.165) is 16.7 Å². The summed E-state index contributed by atoms with van der Waals surface area (Å²) in [6.07, 6.45) is -3.19. The van der Waals surface area contributed by atoms with Crippen molar-refractivity contribution in [3.8, 4) is 5.75 Å². The van der Waals surface area contributed by atoms with Crippen molar-refractivity contribution < 1.29 is 17.9 Å². The second-order valence-electron chi connectivity index (χ2n) is 8.18. The van der Waals surface area contributed by atoms with Crippen LogP contribution >= 0.6 is 15.9 Å². The van der Waals surface area contributed by atoms with Crippen LogP contribution in [0.5, 0.6) is 5.75 Å². The Bertz CT molecular complexity index is 1380. The van der Waals surface area contributed by atoms with E-state index in [4.69, 9.17) is 0 Å². The number of ether oxygens (including phenoxy) is 1. The molecular weight excluding hydrogens is 529 g/mol. The summed E-state index contributed by atoms with van der Waals surface area (Å²) in [5.41, 5.74) is 1.96. The monoisotopic (exact) mass is 548 g/mol. The van der Waals surface area contributed by atoms with Gasteiger partial charge in [-0.1, -0.05) is 91.0 Å². The van der Waals surface area contributed by atoms with E-state index in [2.05, 4.69) is 31.0 Å². The lowest BCUT2D eigenvalue weighted by molar-refractivity contribution is -0.274. The number of rotatable bonds is 6. The number of alkyl halides is 3. The molecule has 0 spiro atoms. The van der Waals surface area contributed by atoms with Gasteiger partial charge in [0.15, 0.2) is 0 Å². The molecule has 4 aromatic carbocycles. The highest BCUT2D eigenvalue weighted by Gasteiger charge is 2.37. The molecule has 1 aromatic heterocycles. The molecule has 0 bridgehead atoms. The van der Waals surface area contributed by atoms with Gasteiger partial charge in [-0.15, -0.1) is 13.2 Å². The summed E-state index contributed by atoms with van der Waals surface area (Å²) in [6, 6.07) is 34.4. The van der Waals surface area contributed by atoms with Crippen LogP contribution in [0.4, 0.5) is 19.0 Å². The highest BCUT2D eigenvalue weighted by molar-refractivity contribution is 9.10. The van der Waals surface area contributed by atoms with E-state index in [1.807, 2.05) is 91.0 Å². The maximum atomic E-state index is 13.1. The van der Waals surface area contributed by atoms with Gasteiger partial charge in [0.05, 0.1) is 4.47 Å². The fraction of sp³-hybridized carbons (Fsp3) is 0.0690. The number of hydrogen-bond acceptors (Lipinski definition) is 3. The van der Waals surface area contributed by atoms with Crippen LogP contribution < -0.4 is 10.1 Å². The largest absolute Gasteiger partial charge is 0.573 e. The zero-order valence-corrected chi connectivity index (χ0v) is 20.4. The Morgan fingerprint density at radius 3 is 1.67 bits per heavy atom. The number of halogens is 4. The highest BCUT2D eigenvalue weighted by Crippen LogP contribution is 2.42. The van der Waals surface area contributed by atoms with Crippen LogP contribution in [0.25, 0.3) is 10.8 Å². The van der Waals surface area contributed by atoms with Gasteiger partial charge < -0.3 is 10.1 Å². The molecule has 0 aliphatic carbocycles. The Morgan fingerprint density at radius 1 is 0.694 bits per heavy atom. The minimum absolute atomic E-state index is 0.199. The van der Waals surface area contributed by atoms with Crippen LogP contribution in [0.1, 0.15) is 16.7 Å². The van der Waals surface area contributed by atoms with Gasteiger partial charge in [0, 0.05) is 11.6 Å². The number of aromatic nitrogens is 1. The predicted molar refractivity (Wildman–Crippen MR) is 139 cm³/mol. The summed E-state index contributed by atoms with van der Waals surface area (Å²) < 4.78 is 43.7.